The summed E-state index contributed by atoms with van der Waals surface area (Å²) in [4.78, 5) is 23.8. The van der Waals surface area contributed by atoms with Crippen LogP contribution in [0.4, 0.5) is 16.2 Å². The molecule has 8 nitrogen and oxygen atoms in total. The van der Waals surface area contributed by atoms with Gasteiger partial charge in [-0.05, 0) is 61.7 Å². The zero-order valence-corrected chi connectivity index (χ0v) is 16.7. The summed E-state index contributed by atoms with van der Waals surface area (Å²) in [7, 11) is 0. The summed E-state index contributed by atoms with van der Waals surface area (Å²) >= 11 is 0. The summed E-state index contributed by atoms with van der Waals surface area (Å²) in [5.74, 6) is -1.08. The number of amidine groups is 1. The summed E-state index contributed by atoms with van der Waals surface area (Å²) in [5.41, 5.74) is 8.65. The second-order valence-electron chi connectivity index (χ2n) is 6.93. The van der Waals surface area contributed by atoms with Gasteiger partial charge in [0.1, 0.15) is 5.84 Å². The molecule has 0 fully saturated rings. The van der Waals surface area contributed by atoms with E-state index in [2.05, 4.69) is 16.0 Å². The van der Waals surface area contributed by atoms with Gasteiger partial charge in [0.15, 0.2) is 6.04 Å². The number of carboxylic acid groups (broad SMARTS) is 1. The van der Waals surface area contributed by atoms with Crippen LogP contribution in [-0.2, 0) is 11.2 Å². The van der Waals surface area contributed by atoms with Gasteiger partial charge in [-0.2, -0.15) is 0 Å². The molecule has 2 rings (SSSR count). The number of amides is 2. The third kappa shape index (κ3) is 5.97. The molecular formula is C21H27N5O3. The van der Waals surface area contributed by atoms with Crippen LogP contribution in [0.1, 0.15) is 43.5 Å². The first-order valence-electron chi connectivity index (χ1n) is 9.35. The fourth-order valence-electron chi connectivity index (χ4n) is 2.83. The lowest BCUT2D eigenvalue weighted by Gasteiger charge is -2.19. The van der Waals surface area contributed by atoms with Crippen molar-refractivity contribution in [1.82, 2.24) is 5.32 Å². The Bertz CT molecular complexity index is 894. The summed E-state index contributed by atoms with van der Waals surface area (Å²) in [6.45, 7) is 5.68. The van der Waals surface area contributed by atoms with Crippen molar-refractivity contribution in [2.75, 3.05) is 10.6 Å². The van der Waals surface area contributed by atoms with E-state index in [-0.39, 0.29) is 17.9 Å². The number of nitrogens with one attached hydrogen (secondary N) is 4. The van der Waals surface area contributed by atoms with E-state index in [0.717, 1.165) is 5.56 Å². The summed E-state index contributed by atoms with van der Waals surface area (Å²) in [6.07, 6.45) is 0.630. The Kier molecular flexibility index (Phi) is 7.19. The standard InChI is InChI=1S/C21H27N5O3/c1-4-13-11-15(7-10-17(13)26-21(29)24-12(2)3)18(20(27)28)25-16-8-5-14(6-9-16)19(22)23/h5-12,18,25H,4H2,1-3H3,(H3,22,23)(H,27,28)(H2,24,26,29). The molecule has 0 aliphatic heterocycles. The Morgan fingerprint density at radius 1 is 1.14 bits per heavy atom. The molecule has 0 bridgehead atoms. The molecule has 0 radical (unpaired) electrons. The first-order valence-corrected chi connectivity index (χ1v) is 9.35. The van der Waals surface area contributed by atoms with Gasteiger partial charge in [-0.3, -0.25) is 5.41 Å². The summed E-state index contributed by atoms with van der Waals surface area (Å²) in [6, 6.07) is 10.6. The largest absolute Gasteiger partial charge is 0.479 e. The van der Waals surface area contributed by atoms with Crippen molar-refractivity contribution < 1.29 is 14.7 Å². The van der Waals surface area contributed by atoms with Crippen molar-refractivity contribution in [1.29, 1.82) is 5.41 Å². The van der Waals surface area contributed by atoms with E-state index in [1.807, 2.05) is 20.8 Å². The highest BCUT2D eigenvalue weighted by Crippen LogP contribution is 2.25. The van der Waals surface area contributed by atoms with Crippen LogP contribution >= 0.6 is 0 Å². The number of hydrogen-bond donors (Lipinski definition) is 6. The lowest BCUT2D eigenvalue weighted by molar-refractivity contribution is -0.138. The van der Waals surface area contributed by atoms with E-state index in [1.165, 1.54) is 0 Å². The molecule has 2 aromatic rings. The molecular weight excluding hydrogens is 370 g/mol. The average Bonchev–Trinajstić information content (AvgIpc) is 2.66. The molecule has 0 aromatic heterocycles. The lowest BCUT2D eigenvalue weighted by Crippen LogP contribution is -2.34. The Morgan fingerprint density at radius 3 is 2.31 bits per heavy atom. The monoisotopic (exact) mass is 397 g/mol. The highest BCUT2D eigenvalue weighted by molar-refractivity contribution is 5.95. The number of benzene rings is 2. The van der Waals surface area contributed by atoms with E-state index in [9.17, 15) is 14.7 Å². The molecule has 8 heteroatoms. The van der Waals surface area contributed by atoms with Gasteiger partial charge < -0.3 is 26.8 Å². The van der Waals surface area contributed by atoms with Crippen molar-refractivity contribution in [2.45, 2.75) is 39.3 Å². The Morgan fingerprint density at radius 2 is 1.79 bits per heavy atom. The van der Waals surface area contributed by atoms with Gasteiger partial charge in [-0.1, -0.05) is 19.1 Å². The second kappa shape index (κ2) is 9.59. The number of carbonyl (C=O) groups excluding carboxylic acids is 1. The molecule has 7 N–H and O–H groups in total. The molecule has 2 amide bonds. The number of urea groups is 1. The van der Waals surface area contributed by atoms with Crippen LogP contribution in [0.3, 0.4) is 0 Å². The molecule has 0 spiro atoms. The number of anilines is 2. The number of carboxylic acids is 1. The number of hydrogen-bond acceptors (Lipinski definition) is 4. The quantitative estimate of drug-likeness (QED) is 0.299. The van der Waals surface area contributed by atoms with Crippen molar-refractivity contribution in [3.8, 4) is 0 Å². The third-order valence-corrected chi connectivity index (χ3v) is 4.27. The molecule has 29 heavy (non-hydrogen) atoms. The van der Waals surface area contributed by atoms with Gasteiger partial charge in [-0.15, -0.1) is 0 Å². The van der Waals surface area contributed by atoms with E-state index in [4.69, 9.17) is 11.1 Å². The van der Waals surface area contributed by atoms with Crippen molar-refractivity contribution in [2.24, 2.45) is 5.73 Å². The van der Waals surface area contributed by atoms with Crippen molar-refractivity contribution >= 4 is 29.2 Å². The molecule has 0 aliphatic rings. The fourth-order valence-corrected chi connectivity index (χ4v) is 2.83. The van der Waals surface area contributed by atoms with Gasteiger partial charge in [0.2, 0.25) is 0 Å². The SMILES string of the molecule is CCc1cc(C(Nc2ccc(C(=N)N)cc2)C(=O)O)ccc1NC(=O)NC(C)C. The predicted octanol–water partition coefficient (Wildman–Crippen LogP) is 3.30. The number of nitrogen functional groups attached to an aromatic ring is 1. The molecule has 1 unspecified atom stereocenters. The van der Waals surface area contributed by atoms with E-state index < -0.39 is 12.0 Å². The number of aliphatic carboxylic acids is 1. The number of nitrogens with two attached hydrogens (primary N) is 1. The molecule has 0 saturated heterocycles. The highest BCUT2D eigenvalue weighted by atomic mass is 16.4. The normalized spacial score (nSPS) is 11.6. The van der Waals surface area contributed by atoms with Gasteiger partial charge in [0.05, 0.1) is 0 Å². The molecule has 2 aromatic carbocycles. The topological polar surface area (TPSA) is 140 Å². The maximum atomic E-state index is 12.0. The van der Waals surface area contributed by atoms with E-state index >= 15 is 0 Å². The van der Waals surface area contributed by atoms with Crippen molar-refractivity contribution in [3.63, 3.8) is 0 Å². The molecule has 0 heterocycles. The van der Waals surface area contributed by atoms with E-state index in [1.54, 1.807) is 42.5 Å². The first-order chi connectivity index (χ1) is 13.7. The minimum absolute atomic E-state index is 0.00864. The van der Waals surface area contributed by atoms with Crippen LogP contribution in [0.15, 0.2) is 42.5 Å². The van der Waals surface area contributed by atoms with Gasteiger partial charge >= 0.3 is 12.0 Å². The van der Waals surface area contributed by atoms with Gasteiger partial charge in [0.25, 0.3) is 0 Å². The minimum atomic E-state index is -1.03. The van der Waals surface area contributed by atoms with Crippen LogP contribution in [-0.4, -0.2) is 29.0 Å². The van der Waals surface area contributed by atoms with Gasteiger partial charge in [-0.25, -0.2) is 9.59 Å². The fraction of sp³-hybridized carbons (Fsp3) is 0.286. The van der Waals surface area contributed by atoms with Crippen LogP contribution < -0.4 is 21.7 Å². The molecule has 154 valence electrons. The highest BCUT2D eigenvalue weighted by Gasteiger charge is 2.21. The lowest BCUT2D eigenvalue weighted by atomic mass is 10.0. The third-order valence-electron chi connectivity index (χ3n) is 4.27. The zero-order valence-electron chi connectivity index (χ0n) is 16.7. The minimum Gasteiger partial charge on any atom is -0.479 e. The number of rotatable bonds is 8. The van der Waals surface area contributed by atoms with E-state index in [0.29, 0.717) is 28.9 Å². The Balaban J connectivity index is 2.25. The second-order valence-corrected chi connectivity index (χ2v) is 6.93. The number of carbonyl (C=O) groups is 2. The maximum Gasteiger partial charge on any atom is 0.330 e. The van der Waals surface area contributed by atoms with Crippen LogP contribution in [0.25, 0.3) is 0 Å². The average molecular weight is 397 g/mol. The predicted molar refractivity (Wildman–Crippen MR) is 115 cm³/mol. The molecule has 0 aliphatic carbocycles. The van der Waals surface area contributed by atoms with Gasteiger partial charge in [0, 0.05) is 23.0 Å². The first kappa shape index (κ1) is 21.7. The Hall–Kier alpha value is -3.55. The Labute approximate surface area is 170 Å². The molecule has 0 saturated carbocycles. The van der Waals surface area contributed by atoms with Crippen LogP contribution in [0.5, 0.6) is 0 Å². The maximum absolute atomic E-state index is 12.0. The smallest absolute Gasteiger partial charge is 0.330 e. The summed E-state index contributed by atoms with van der Waals surface area (Å²) < 4.78 is 0. The van der Waals surface area contributed by atoms with Crippen molar-refractivity contribution in [3.05, 3.63) is 59.2 Å². The number of aryl methyl sites for hydroxylation is 1. The van der Waals surface area contributed by atoms with Crippen LogP contribution in [0.2, 0.25) is 0 Å². The van der Waals surface area contributed by atoms with Crippen LogP contribution in [0, 0.1) is 5.41 Å². The zero-order chi connectivity index (χ0) is 21.6. The summed E-state index contributed by atoms with van der Waals surface area (Å²) in [5, 5.41) is 25.7. The molecule has 1 atom stereocenters.